The second-order valence-electron chi connectivity index (χ2n) is 5.52. The van der Waals surface area contributed by atoms with Crippen LogP contribution in [0.5, 0.6) is 5.75 Å². The van der Waals surface area contributed by atoms with Gasteiger partial charge in [0.05, 0.1) is 5.71 Å². The van der Waals surface area contributed by atoms with Gasteiger partial charge in [-0.05, 0) is 63.2 Å². The van der Waals surface area contributed by atoms with Crippen molar-refractivity contribution >= 4 is 17.3 Å². The quantitative estimate of drug-likeness (QED) is 0.623. The Morgan fingerprint density at radius 2 is 1.80 bits per heavy atom. The fraction of sp³-hybridized carbons (Fsp3) is 0.263. The molecule has 0 saturated heterocycles. The fourth-order valence-corrected chi connectivity index (χ4v) is 2.47. The minimum Gasteiger partial charge on any atom is -0.507 e. The van der Waals surface area contributed by atoms with E-state index in [1.165, 1.54) is 12.1 Å². The minimum atomic E-state index is -0.485. The number of carbonyl (C=O) groups excluding carboxylic acids is 1. The fourth-order valence-electron chi connectivity index (χ4n) is 2.47. The highest BCUT2D eigenvalue weighted by atomic mass is 19.1. The summed E-state index contributed by atoms with van der Waals surface area (Å²) < 4.78 is 13.3. The highest BCUT2D eigenvalue weighted by Gasteiger charge is 2.09. The van der Waals surface area contributed by atoms with Crippen LogP contribution in [0.4, 0.5) is 10.1 Å². The smallest absolute Gasteiger partial charge is 0.271 e. The van der Waals surface area contributed by atoms with E-state index in [2.05, 4.69) is 29.3 Å². The van der Waals surface area contributed by atoms with Gasteiger partial charge in [0.1, 0.15) is 11.6 Å². The van der Waals surface area contributed by atoms with Crippen LogP contribution < -0.4 is 10.3 Å². The van der Waals surface area contributed by atoms with Crippen LogP contribution in [0.3, 0.4) is 0 Å². The maximum Gasteiger partial charge on any atom is 0.271 e. The van der Waals surface area contributed by atoms with Gasteiger partial charge in [-0.15, -0.1) is 0 Å². The van der Waals surface area contributed by atoms with E-state index in [9.17, 15) is 14.3 Å². The lowest BCUT2D eigenvalue weighted by atomic mass is 10.1. The first kappa shape index (κ1) is 18.4. The average molecular weight is 343 g/mol. The molecule has 5 nitrogen and oxygen atoms in total. The largest absolute Gasteiger partial charge is 0.507 e. The Labute approximate surface area is 146 Å². The number of benzene rings is 2. The van der Waals surface area contributed by atoms with E-state index in [0.29, 0.717) is 11.3 Å². The molecule has 6 heteroatoms. The van der Waals surface area contributed by atoms with E-state index in [1.807, 2.05) is 12.1 Å². The zero-order valence-electron chi connectivity index (χ0n) is 14.6. The number of halogens is 1. The van der Waals surface area contributed by atoms with Crippen LogP contribution in [0.25, 0.3) is 0 Å². The second kappa shape index (κ2) is 8.28. The zero-order valence-corrected chi connectivity index (χ0v) is 14.6. The van der Waals surface area contributed by atoms with Crippen LogP contribution in [0.2, 0.25) is 0 Å². The summed E-state index contributed by atoms with van der Waals surface area (Å²) in [6.45, 7) is 7.51. The molecule has 25 heavy (non-hydrogen) atoms. The average Bonchev–Trinajstić information content (AvgIpc) is 2.63. The van der Waals surface area contributed by atoms with E-state index < -0.39 is 5.82 Å². The van der Waals surface area contributed by atoms with Crippen LogP contribution in [0, 0.1) is 5.82 Å². The summed E-state index contributed by atoms with van der Waals surface area (Å²) in [5.74, 6) is -0.956. The Bertz CT molecular complexity index is 769. The first-order valence-corrected chi connectivity index (χ1v) is 8.14. The van der Waals surface area contributed by atoms with Crippen LogP contribution >= 0.6 is 0 Å². The monoisotopic (exact) mass is 343 g/mol. The van der Waals surface area contributed by atoms with E-state index in [-0.39, 0.29) is 17.2 Å². The molecule has 0 spiro atoms. The Morgan fingerprint density at radius 3 is 2.40 bits per heavy atom. The summed E-state index contributed by atoms with van der Waals surface area (Å²) in [4.78, 5) is 14.4. The van der Waals surface area contributed by atoms with Gasteiger partial charge in [-0.1, -0.05) is 0 Å². The number of rotatable bonds is 6. The number of hydrogen-bond donors (Lipinski definition) is 2. The summed E-state index contributed by atoms with van der Waals surface area (Å²) in [7, 11) is 0. The summed E-state index contributed by atoms with van der Waals surface area (Å²) in [5.41, 5.74) is 4.48. The molecule has 0 aromatic heterocycles. The summed E-state index contributed by atoms with van der Waals surface area (Å²) >= 11 is 0. The maximum atomic E-state index is 13.3. The Balaban J connectivity index is 2.10. The number of hydrazone groups is 1. The molecule has 2 aromatic rings. The molecule has 0 heterocycles. The lowest BCUT2D eigenvalue weighted by molar-refractivity contribution is 0.0955. The molecule has 2 N–H and O–H groups in total. The van der Waals surface area contributed by atoms with Crippen molar-refractivity contribution in [1.82, 2.24) is 5.43 Å². The van der Waals surface area contributed by atoms with Crippen molar-refractivity contribution in [1.29, 1.82) is 0 Å². The SMILES string of the molecule is CCN(CC)c1ccc(C(=O)N/N=C(\C)c2cc(F)ccc2O)cc1. The van der Waals surface area contributed by atoms with Crippen molar-refractivity contribution in [3.8, 4) is 5.75 Å². The molecule has 132 valence electrons. The molecule has 0 aliphatic heterocycles. The van der Waals surface area contributed by atoms with Gasteiger partial charge < -0.3 is 10.0 Å². The predicted molar refractivity (Wildman–Crippen MR) is 97.7 cm³/mol. The standard InChI is InChI=1S/C19H22FN3O2/c1-4-23(5-2)16-9-6-14(7-10-16)19(25)22-21-13(3)17-12-15(20)8-11-18(17)24/h6-12,24H,4-5H2,1-3H3,(H,22,25)/b21-13+. The van der Waals surface area contributed by atoms with Crippen molar-refractivity contribution < 1.29 is 14.3 Å². The molecule has 2 aromatic carbocycles. The molecule has 2 rings (SSSR count). The van der Waals surface area contributed by atoms with Gasteiger partial charge in [-0.2, -0.15) is 5.10 Å². The van der Waals surface area contributed by atoms with Crippen molar-refractivity contribution in [2.75, 3.05) is 18.0 Å². The molecular weight excluding hydrogens is 321 g/mol. The molecular formula is C19H22FN3O2. The molecule has 0 saturated carbocycles. The maximum absolute atomic E-state index is 13.3. The van der Waals surface area contributed by atoms with Gasteiger partial charge in [0, 0.05) is 29.9 Å². The van der Waals surface area contributed by atoms with Gasteiger partial charge in [-0.25, -0.2) is 9.82 Å². The third-order valence-electron chi connectivity index (χ3n) is 3.93. The summed E-state index contributed by atoms with van der Waals surface area (Å²) in [6, 6.07) is 10.8. The second-order valence-corrected chi connectivity index (χ2v) is 5.52. The van der Waals surface area contributed by atoms with Crippen LogP contribution in [-0.4, -0.2) is 29.8 Å². The van der Waals surface area contributed by atoms with Crippen molar-refractivity contribution in [2.45, 2.75) is 20.8 Å². The number of phenols is 1. The lowest BCUT2D eigenvalue weighted by Gasteiger charge is -2.20. The van der Waals surface area contributed by atoms with Crippen molar-refractivity contribution in [3.63, 3.8) is 0 Å². The predicted octanol–water partition coefficient (Wildman–Crippen LogP) is 3.53. The lowest BCUT2D eigenvalue weighted by Crippen LogP contribution is -2.22. The Morgan fingerprint density at radius 1 is 1.16 bits per heavy atom. The first-order valence-electron chi connectivity index (χ1n) is 8.14. The molecule has 1 amide bonds. The highest BCUT2D eigenvalue weighted by Crippen LogP contribution is 2.19. The van der Waals surface area contributed by atoms with Gasteiger partial charge in [-0.3, -0.25) is 4.79 Å². The van der Waals surface area contributed by atoms with Crippen LogP contribution in [-0.2, 0) is 0 Å². The third kappa shape index (κ3) is 4.56. The van der Waals surface area contributed by atoms with E-state index >= 15 is 0 Å². The molecule has 0 bridgehead atoms. The van der Waals surface area contributed by atoms with Crippen molar-refractivity contribution in [3.05, 3.63) is 59.4 Å². The normalized spacial score (nSPS) is 11.3. The van der Waals surface area contributed by atoms with Crippen LogP contribution in [0.1, 0.15) is 36.7 Å². The van der Waals surface area contributed by atoms with Gasteiger partial charge in [0.15, 0.2) is 0 Å². The molecule has 0 unspecified atom stereocenters. The molecule has 0 aliphatic carbocycles. The number of phenolic OH excluding ortho intramolecular Hbond substituents is 1. The molecule has 0 fully saturated rings. The Hall–Kier alpha value is -2.89. The van der Waals surface area contributed by atoms with E-state index in [1.54, 1.807) is 19.1 Å². The van der Waals surface area contributed by atoms with Gasteiger partial charge >= 0.3 is 0 Å². The van der Waals surface area contributed by atoms with Gasteiger partial charge in [0.25, 0.3) is 5.91 Å². The topological polar surface area (TPSA) is 64.9 Å². The number of nitrogens with zero attached hydrogens (tertiary/aromatic N) is 2. The number of carbonyl (C=O) groups is 1. The minimum absolute atomic E-state index is 0.0968. The number of hydrogen-bond acceptors (Lipinski definition) is 4. The Kier molecular flexibility index (Phi) is 6.11. The third-order valence-corrected chi connectivity index (χ3v) is 3.93. The number of anilines is 1. The summed E-state index contributed by atoms with van der Waals surface area (Å²) in [5, 5.41) is 13.7. The number of aromatic hydroxyl groups is 1. The molecule has 0 atom stereocenters. The molecule has 0 radical (unpaired) electrons. The number of amides is 1. The van der Waals surface area contributed by atoms with Crippen molar-refractivity contribution in [2.24, 2.45) is 5.10 Å². The van der Waals surface area contributed by atoms with Crippen LogP contribution in [0.15, 0.2) is 47.6 Å². The zero-order chi connectivity index (χ0) is 18.4. The van der Waals surface area contributed by atoms with E-state index in [4.69, 9.17) is 0 Å². The van der Waals surface area contributed by atoms with E-state index in [0.717, 1.165) is 24.8 Å². The van der Waals surface area contributed by atoms with Gasteiger partial charge in [0.2, 0.25) is 0 Å². The molecule has 0 aliphatic rings. The first-order chi connectivity index (χ1) is 12.0. The highest BCUT2D eigenvalue weighted by molar-refractivity contribution is 6.02. The summed E-state index contributed by atoms with van der Waals surface area (Å²) in [6.07, 6.45) is 0. The number of nitrogens with one attached hydrogen (secondary N) is 1.